The summed E-state index contributed by atoms with van der Waals surface area (Å²) in [5.41, 5.74) is 6.20. The van der Waals surface area contributed by atoms with E-state index in [0.717, 1.165) is 17.5 Å². The van der Waals surface area contributed by atoms with Crippen LogP contribution in [0.2, 0.25) is 0 Å². The van der Waals surface area contributed by atoms with Crippen LogP contribution < -0.4 is 5.73 Å². The SMILES string of the molecule is NCCc1cccc(C2(F)CCOCC2)c1. The predicted octanol–water partition coefficient (Wildman–Crippen LogP) is 2.16. The van der Waals surface area contributed by atoms with Gasteiger partial charge in [-0.3, -0.25) is 0 Å². The Morgan fingerprint density at radius 3 is 2.75 bits per heavy atom. The lowest BCUT2D eigenvalue weighted by atomic mass is 9.87. The van der Waals surface area contributed by atoms with E-state index in [1.165, 1.54) is 0 Å². The molecule has 0 amide bonds. The first kappa shape index (κ1) is 11.6. The highest BCUT2D eigenvalue weighted by atomic mass is 19.1. The predicted molar refractivity (Wildman–Crippen MR) is 62.0 cm³/mol. The van der Waals surface area contributed by atoms with Crippen molar-refractivity contribution in [3.63, 3.8) is 0 Å². The summed E-state index contributed by atoms with van der Waals surface area (Å²) in [7, 11) is 0. The number of alkyl halides is 1. The highest BCUT2D eigenvalue weighted by Crippen LogP contribution is 2.36. The van der Waals surface area contributed by atoms with E-state index in [-0.39, 0.29) is 0 Å². The first-order valence-corrected chi connectivity index (χ1v) is 5.81. The molecule has 1 aliphatic rings. The molecule has 1 fully saturated rings. The Morgan fingerprint density at radius 2 is 2.06 bits per heavy atom. The van der Waals surface area contributed by atoms with Crippen LogP contribution >= 0.6 is 0 Å². The van der Waals surface area contributed by atoms with Gasteiger partial charge in [0.1, 0.15) is 5.67 Å². The molecular formula is C13H18FNO. The van der Waals surface area contributed by atoms with Gasteiger partial charge in [0.15, 0.2) is 0 Å². The van der Waals surface area contributed by atoms with Crippen LogP contribution in [0.5, 0.6) is 0 Å². The maximum atomic E-state index is 14.6. The fourth-order valence-corrected chi connectivity index (χ4v) is 2.16. The van der Waals surface area contributed by atoms with Gasteiger partial charge in [-0.2, -0.15) is 0 Å². The van der Waals surface area contributed by atoms with Crippen molar-refractivity contribution in [1.82, 2.24) is 0 Å². The second kappa shape index (κ2) is 4.93. The lowest BCUT2D eigenvalue weighted by molar-refractivity contribution is -0.0115. The van der Waals surface area contributed by atoms with Crippen molar-refractivity contribution < 1.29 is 9.13 Å². The lowest BCUT2D eigenvalue weighted by Crippen LogP contribution is -2.29. The molecule has 1 aromatic carbocycles. The van der Waals surface area contributed by atoms with E-state index in [1.54, 1.807) is 0 Å². The maximum Gasteiger partial charge on any atom is 0.140 e. The molecule has 0 aliphatic carbocycles. The molecule has 1 heterocycles. The number of benzene rings is 1. The van der Waals surface area contributed by atoms with Gasteiger partial charge >= 0.3 is 0 Å². The highest BCUT2D eigenvalue weighted by Gasteiger charge is 2.34. The second-order valence-electron chi connectivity index (χ2n) is 4.32. The maximum absolute atomic E-state index is 14.6. The molecule has 0 spiro atoms. The Bertz CT molecular complexity index is 348. The number of hydrogen-bond donors (Lipinski definition) is 1. The standard InChI is InChI=1S/C13H18FNO/c14-13(5-8-16-9-6-13)12-3-1-2-11(10-12)4-7-15/h1-3,10H,4-9,15H2. The van der Waals surface area contributed by atoms with Crippen LogP contribution in [0.4, 0.5) is 4.39 Å². The van der Waals surface area contributed by atoms with Crippen molar-refractivity contribution in [2.24, 2.45) is 5.73 Å². The third kappa shape index (κ3) is 2.42. The van der Waals surface area contributed by atoms with Gasteiger partial charge in [-0.1, -0.05) is 24.3 Å². The summed E-state index contributed by atoms with van der Waals surface area (Å²) in [6.07, 6.45) is 1.72. The number of nitrogens with two attached hydrogens (primary N) is 1. The molecule has 1 aromatic rings. The fraction of sp³-hybridized carbons (Fsp3) is 0.538. The molecular weight excluding hydrogens is 205 g/mol. The number of rotatable bonds is 3. The Morgan fingerprint density at radius 1 is 1.31 bits per heavy atom. The van der Waals surface area contributed by atoms with E-state index in [2.05, 4.69) is 0 Å². The van der Waals surface area contributed by atoms with Crippen molar-refractivity contribution in [1.29, 1.82) is 0 Å². The van der Waals surface area contributed by atoms with Crippen molar-refractivity contribution >= 4 is 0 Å². The van der Waals surface area contributed by atoms with Gasteiger partial charge in [-0.25, -0.2) is 4.39 Å². The molecule has 1 aliphatic heterocycles. The third-order valence-corrected chi connectivity index (χ3v) is 3.16. The first-order valence-electron chi connectivity index (χ1n) is 5.81. The highest BCUT2D eigenvalue weighted by molar-refractivity contribution is 5.29. The molecule has 88 valence electrons. The summed E-state index contributed by atoms with van der Waals surface area (Å²) in [5.74, 6) is 0. The van der Waals surface area contributed by atoms with Gasteiger partial charge in [0.05, 0.1) is 0 Å². The van der Waals surface area contributed by atoms with Crippen LogP contribution in [0.25, 0.3) is 0 Å². The Balaban J connectivity index is 2.21. The summed E-state index contributed by atoms with van der Waals surface area (Å²) < 4.78 is 19.8. The van der Waals surface area contributed by atoms with Crippen LogP contribution in [0.1, 0.15) is 24.0 Å². The molecule has 16 heavy (non-hydrogen) atoms. The minimum absolute atomic E-state index is 0.457. The van der Waals surface area contributed by atoms with Crippen LogP contribution in [-0.4, -0.2) is 19.8 Å². The van der Waals surface area contributed by atoms with Crippen LogP contribution in [-0.2, 0) is 16.8 Å². The summed E-state index contributed by atoms with van der Waals surface area (Å²) in [6, 6.07) is 7.72. The molecule has 0 bridgehead atoms. The summed E-state index contributed by atoms with van der Waals surface area (Å²) in [4.78, 5) is 0. The van der Waals surface area contributed by atoms with Crippen LogP contribution in [0.15, 0.2) is 24.3 Å². The molecule has 0 atom stereocenters. The van der Waals surface area contributed by atoms with Gasteiger partial charge in [0, 0.05) is 26.1 Å². The Hall–Kier alpha value is -0.930. The minimum atomic E-state index is -1.21. The minimum Gasteiger partial charge on any atom is -0.381 e. The van der Waals surface area contributed by atoms with Crippen molar-refractivity contribution in [2.45, 2.75) is 24.9 Å². The normalized spacial score (nSPS) is 19.6. The molecule has 3 heteroatoms. The van der Waals surface area contributed by atoms with Gasteiger partial charge in [0.25, 0.3) is 0 Å². The number of ether oxygens (including phenoxy) is 1. The van der Waals surface area contributed by atoms with Gasteiger partial charge in [-0.15, -0.1) is 0 Å². The Labute approximate surface area is 95.6 Å². The van der Waals surface area contributed by atoms with Crippen molar-refractivity contribution in [2.75, 3.05) is 19.8 Å². The fourth-order valence-electron chi connectivity index (χ4n) is 2.16. The zero-order valence-electron chi connectivity index (χ0n) is 9.42. The molecule has 0 saturated carbocycles. The van der Waals surface area contributed by atoms with E-state index in [0.29, 0.717) is 32.6 Å². The molecule has 2 N–H and O–H groups in total. The van der Waals surface area contributed by atoms with E-state index in [4.69, 9.17) is 10.5 Å². The average molecular weight is 223 g/mol. The van der Waals surface area contributed by atoms with Crippen LogP contribution in [0.3, 0.4) is 0 Å². The molecule has 0 aromatic heterocycles. The smallest absolute Gasteiger partial charge is 0.140 e. The van der Waals surface area contributed by atoms with E-state index in [1.807, 2.05) is 24.3 Å². The van der Waals surface area contributed by atoms with Crippen LogP contribution in [0, 0.1) is 0 Å². The summed E-state index contributed by atoms with van der Waals surface area (Å²) in [5, 5.41) is 0. The Kier molecular flexibility index (Phi) is 3.56. The van der Waals surface area contributed by atoms with Crippen molar-refractivity contribution in [3.8, 4) is 0 Å². The number of halogens is 1. The van der Waals surface area contributed by atoms with E-state index < -0.39 is 5.67 Å². The quantitative estimate of drug-likeness (QED) is 0.852. The van der Waals surface area contributed by atoms with Crippen molar-refractivity contribution in [3.05, 3.63) is 35.4 Å². The monoisotopic (exact) mass is 223 g/mol. The first-order chi connectivity index (χ1) is 7.74. The van der Waals surface area contributed by atoms with Gasteiger partial charge in [-0.05, 0) is 24.1 Å². The molecule has 0 radical (unpaired) electrons. The average Bonchev–Trinajstić information content (AvgIpc) is 2.31. The number of hydrogen-bond acceptors (Lipinski definition) is 2. The lowest BCUT2D eigenvalue weighted by Gasteiger charge is -2.30. The van der Waals surface area contributed by atoms with E-state index in [9.17, 15) is 4.39 Å². The molecule has 2 rings (SSSR count). The largest absolute Gasteiger partial charge is 0.381 e. The zero-order chi connectivity index (χ0) is 11.4. The second-order valence-corrected chi connectivity index (χ2v) is 4.32. The topological polar surface area (TPSA) is 35.2 Å². The summed E-state index contributed by atoms with van der Waals surface area (Å²) >= 11 is 0. The molecule has 2 nitrogen and oxygen atoms in total. The third-order valence-electron chi connectivity index (χ3n) is 3.16. The zero-order valence-corrected chi connectivity index (χ0v) is 9.42. The molecule has 0 unspecified atom stereocenters. The van der Waals surface area contributed by atoms with Gasteiger partial charge in [0.2, 0.25) is 0 Å². The van der Waals surface area contributed by atoms with E-state index >= 15 is 0 Å². The van der Waals surface area contributed by atoms with Gasteiger partial charge < -0.3 is 10.5 Å². The summed E-state index contributed by atoms with van der Waals surface area (Å²) in [6.45, 7) is 1.63. The molecule has 1 saturated heterocycles.